The summed E-state index contributed by atoms with van der Waals surface area (Å²) in [6, 6.07) is 3.15. The van der Waals surface area contributed by atoms with E-state index in [1.54, 1.807) is 19.4 Å². The van der Waals surface area contributed by atoms with Crippen molar-refractivity contribution < 1.29 is 12.8 Å². The van der Waals surface area contributed by atoms with Gasteiger partial charge in [-0.3, -0.25) is 0 Å². The highest BCUT2D eigenvalue weighted by Gasteiger charge is 2.31. The van der Waals surface area contributed by atoms with Crippen LogP contribution in [0.2, 0.25) is 0 Å². The fraction of sp³-hybridized carbons (Fsp3) is 0.455. The summed E-state index contributed by atoms with van der Waals surface area (Å²) >= 11 is 0. The summed E-state index contributed by atoms with van der Waals surface area (Å²) in [6.45, 7) is 1.63. The maximum absolute atomic E-state index is 12.5. The molecule has 0 bridgehead atoms. The van der Waals surface area contributed by atoms with E-state index in [1.807, 2.05) is 4.57 Å². The average Bonchev–Trinajstić information content (AvgIpc) is 3.06. The average molecular weight is 297 g/mol. The summed E-state index contributed by atoms with van der Waals surface area (Å²) in [5.41, 5.74) is 0. The van der Waals surface area contributed by atoms with Crippen molar-refractivity contribution in [3.05, 3.63) is 30.0 Å². The Morgan fingerprint density at radius 1 is 1.40 bits per heavy atom. The minimum Gasteiger partial charge on any atom is -0.447 e. The largest absolute Gasteiger partial charge is 0.447 e. The number of aromatic nitrogens is 3. The molecule has 2 aromatic rings. The highest BCUT2D eigenvalue weighted by molar-refractivity contribution is 7.89. The summed E-state index contributed by atoms with van der Waals surface area (Å²) in [4.78, 5) is 0. The van der Waals surface area contributed by atoms with Crippen LogP contribution in [-0.2, 0) is 29.7 Å². The Kier molecular flexibility index (Phi) is 3.32. The van der Waals surface area contributed by atoms with Gasteiger partial charge < -0.3 is 14.3 Å². The standard InChI is InChI=1S/C11H15N5O3S/c1-12-6-9-2-3-11(19-9)20(17,18)16-5-4-15-8-13-14-10(15)7-16/h2-3,8,12H,4-7H2,1H3. The van der Waals surface area contributed by atoms with Crippen molar-refractivity contribution >= 4 is 10.0 Å². The van der Waals surface area contributed by atoms with E-state index in [0.29, 0.717) is 31.2 Å². The second kappa shape index (κ2) is 5.00. The van der Waals surface area contributed by atoms with Gasteiger partial charge in [0, 0.05) is 13.1 Å². The fourth-order valence-electron chi connectivity index (χ4n) is 2.14. The van der Waals surface area contributed by atoms with Gasteiger partial charge in [-0.2, -0.15) is 4.31 Å². The number of furan rings is 1. The van der Waals surface area contributed by atoms with E-state index < -0.39 is 10.0 Å². The third-order valence-electron chi connectivity index (χ3n) is 3.19. The Balaban J connectivity index is 1.85. The Hall–Kier alpha value is -1.71. The number of hydrogen-bond acceptors (Lipinski definition) is 6. The first-order valence-corrected chi connectivity index (χ1v) is 7.65. The van der Waals surface area contributed by atoms with Crippen LogP contribution in [0.1, 0.15) is 11.6 Å². The minimum atomic E-state index is -3.62. The topological polar surface area (TPSA) is 93.3 Å². The van der Waals surface area contributed by atoms with Crippen molar-refractivity contribution in [2.75, 3.05) is 13.6 Å². The summed E-state index contributed by atoms with van der Waals surface area (Å²) in [5, 5.41) is 10.6. The maximum atomic E-state index is 12.5. The SMILES string of the molecule is CNCc1ccc(S(=O)(=O)N2CCn3cnnc3C2)o1. The van der Waals surface area contributed by atoms with Gasteiger partial charge in [-0.05, 0) is 19.2 Å². The van der Waals surface area contributed by atoms with Crippen LogP contribution in [0.25, 0.3) is 0 Å². The van der Waals surface area contributed by atoms with Crippen LogP contribution in [0.3, 0.4) is 0 Å². The Morgan fingerprint density at radius 3 is 3.05 bits per heavy atom. The third-order valence-corrected chi connectivity index (χ3v) is 4.91. The van der Waals surface area contributed by atoms with Gasteiger partial charge >= 0.3 is 0 Å². The van der Waals surface area contributed by atoms with E-state index in [2.05, 4.69) is 15.5 Å². The van der Waals surface area contributed by atoms with E-state index >= 15 is 0 Å². The lowest BCUT2D eigenvalue weighted by atomic mass is 10.4. The molecule has 0 saturated heterocycles. The van der Waals surface area contributed by atoms with Crippen molar-refractivity contribution in [3.63, 3.8) is 0 Å². The van der Waals surface area contributed by atoms with Crippen LogP contribution >= 0.6 is 0 Å². The summed E-state index contributed by atoms with van der Waals surface area (Å²) in [7, 11) is -1.85. The smallest absolute Gasteiger partial charge is 0.276 e. The molecule has 0 spiro atoms. The quantitative estimate of drug-likeness (QED) is 0.839. The molecule has 0 unspecified atom stereocenters. The molecular formula is C11H15N5O3S. The molecule has 0 amide bonds. The van der Waals surface area contributed by atoms with Crippen LogP contribution < -0.4 is 5.32 Å². The van der Waals surface area contributed by atoms with Crippen LogP contribution in [0.5, 0.6) is 0 Å². The summed E-state index contributed by atoms with van der Waals surface area (Å²) in [6.07, 6.45) is 1.61. The molecule has 20 heavy (non-hydrogen) atoms. The second-order valence-corrected chi connectivity index (χ2v) is 6.40. The number of nitrogens with zero attached hydrogens (tertiary/aromatic N) is 4. The maximum Gasteiger partial charge on any atom is 0.276 e. The van der Waals surface area contributed by atoms with Crippen LogP contribution in [-0.4, -0.2) is 41.1 Å². The van der Waals surface area contributed by atoms with Gasteiger partial charge in [0.15, 0.2) is 0 Å². The van der Waals surface area contributed by atoms with Gasteiger partial charge in [0.25, 0.3) is 10.0 Å². The van der Waals surface area contributed by atoms with Gasteiger partial charge in [-0.1, -0.05) is 0 Å². The first-order chi connectivity index (χ1) is 9.61. The molecule has 0 radical (unpaired) electrons. The Bertz CT molecular complexity index is 705. The summed E-state index contributed by atoms with van der Waals surface area (Å²) < 4.78 is 33.6. The van der Waals surface area contributed by atoms with E-state index in [9.17, 15) is 8.42 Å². The highest BCUT2D eigenvalue weighted by atomic mass is 32.2. The van der Waals surface area contributed by atoms with E-state index in [0.717, 1.165) is 0 Å². The molecule has 108 valence electrons. The zero-order valence-corrected chi connectivity index (χ0v) is 11.8. The molecule has 2 aromatic heterocycles. The van der Waals surface area contributed by atoms with Crippen LogP contribution in [0.4, 0.5) is 0 Å². The lowest BCUT2D eigenvalue weighted by molar-refractivity contribution is 0.318. The Morgan fingerprint density at radius 2 is 2.25 bits per heavy atom. The number of fused-ring (bicyclic) bond motifs is 1. The van der Waals surface area contributed by atoms with Crippen molar-refractivity contribution in [2.45, 2.75) is 24.7 Å². The van der Waals surface area contributed by atoms with Crippen LogP contribution in [0.15, 0.2) is 28.0 Å². The monoisotopic (exact) mass is 297 g/mol. The second-order valence-electron chi connectivity index (χ2n) is 4.53. The molecule has 1 aliphatic heterocycles. The summed E-state index contributed by atoms with van der Waals surface area (Å²) in [5.74, 6) is 1.23. The van der Waals surface area contributed by atoms with Gasteiger partial charge in [0.05, 0.1) is 13.1 Å². The zero-order valence-electron chi connectivity index (χ0n) is 11.0. The van der Waals surface area contributed by atoms with E-state index in [-0.39, 0.29) is 11.6 Å². The number of hydrogen-bond donors (Lipinski definition) is 1. The van der Waals surface area contributed by atoms with Crippen molar-refractivity contribution in [2.24, 2.45) is 0 Å². The predicted octanol–water partition coefficient (Wildman–Crippen LogP) is -0.205. The number of rotatable bonds is 4. The van der Waals surface area contributed by atoms with Gasteiger partial charge in [-0.15, -0.1) is 10.2 Å². The lowest BCUT2D eigenvalue weighted by Crippen LogP contribution is -2.38. The number of nitrogens with one attached hydrogen (secondary N) is 1. The van der Waals surface area contributed by atoms with Crippen molar-refractivity contribution in [3.8, 4) is 0 Å². The van der Waals surface area contributed by atoms with Gasteiger partial charge in [0.1, 0.15) is 17.9 Å². The lowest BCUT2D eigenvalue weighted by Gasteiger charge is -2.25. The number of sulfonamides is 1. The van der Waals surface area contributed by atoms with Crippen molar-refractivity contribution in [1.29, 1.82) is 0 Å². The fourth-order valence-corrected chi connectivity index (χ4v) is 3.46. The molecule has 0 aromatic carbocycles. The molecule has 3 rings (SSSR count). The first-order valence-electron chi connectivity index (χ1n) is 6.21. The van der Waals surface area contributed by atoms with Gasteiger partial charge in [0.2, 0.25) is 5.09 Å². The molecule has 0 aliphatic carbocycles. The first kappa shape index (κ1) is 13.3. The van der Waals surface area contributed by atoms with E-state index in [1.165, 1.54) is 10.4 Å². The van der Waals surface area contributed by atoms with Gasteiger partial charge in [-0.25, -0.2) is 8.42 Å². The molecule has 0 saturated carbocycles. The zero-order chi connectivity index (χ0) is 14.2. The molecule has 0 fully saturated rings. The molecule has 9 heteroatoms. The predicted molar refractivity (Wildman–Crippen MR) is 69.1 cm³/mol. The molecule has 1 N–H and O–H groups in total. The molecule has 3 heterocycles. The van der Waals surface area contributed by atoms with Crippen molar-refractivity contribution in [1.82, 2.24) is 24.4 Å². The molecular weight excluding hydrogens is 282 g/mol. The molecule has 0 atom stereocenters. The molecule has 8 nitrogen and oxygen atoms in total. The minimum absolute atomic E-state index is 0.0317. The normalized spacial score (nSPS) is 16.2. The third kappa shape index (κ3) is 2.23. The highest BCUT2D eigenvalue weighted by Crippen LogP contribution is 2.22. The Labute approximate surface area is 116 Å². The molecule has 1 aliphatic rings. The van der Waals surface area contributed by atoms with Crippen LogP contribution in [0, 0.1) is 0 Å². The van der Waals surface area contributed by atoms with E-state index in [4.69, 9.17) is 4.42 Å².